The molecule has 2 aromatic rings. The van der Waals surface area contributed by atoms with Crippen LogP contribution >= 0.6 is 0 Å². The zero-order valence-electron chi connectivity index (χ0n) is 16.2. The summed E-state index contributed by atoms with van der Waals surface area (Å²) in [5, 5.41) is 20.7. The Balaban J connectivity index is 2.27. The van der Waals surface area contributed by atoms with Gasteiger partial charge in [-0.15, -0.1) is 0 Å². The van der Waals surface area contributed by atoms with Crippen LogP contribution in [0.5, 0.6) is 28.7 Å². The summed E-state index contributed by atoms with van der Waals surface area (Å²) in [5.74, 6) is 1.40. The molecule has 0 amide bonds. The van der Waals surface area contributed by atoms with Crippen LogP contribution < -0.4 is 18.9 Å². The summed E-state index contributed by atoms with van der Waals surface area (Å²) in [7, 11) is 4.43. The van der Waals surface area contributed by atoms with Gasteiger partial charge in [-0.25, -0.2) is 0 Å². The molecule has 2 atom stereocenters. The maximum Gasteiger partial charge on any atom is 0.200 e. The van der Waals surface area contributed by atoms with E-state index in [2.05, 4.69) is 0 Å². The van der Waals surface area contributed by atoms with Crippen LogP contribution in [0.2, 0.25) is 0 Å². The number of aliphatic hydroxyl groups excluding tert-OH is 1. The van der Waals surface area contributed by atoms with E-state index in [9.17, 15) is 10.2 Å². The van der Waals surface area contributed by atoms with Gasteiger partial charge in [0.25, 0.3) is 0 Å². The fourth-order valence-electron chi connectivity index (χ4n) is 2.70. The highest BCUT2D eigenvalue weighted by molar-refractivity contribution is 5.56. The van der Waals surface area contributed by atoms with E-state index in [-0.39, 0.29) is 17.2 Å². The third kappa shape index (κ3) is 4.65. The van der Waals surface area contributed by atoms with E-state index in [0.717, 1.165) is 5.56 Å². The lowest BCUT2D eigenvalue weighted by Gasteiger charge is -2.23. The molecule has 2 N–H and O–H groups in total. The number of benzene rings is 2. The van der Waals surface area contributed by atoms with Crippen molar-refractivity contribution in [2.75, 3.05) is 21.3 Å². The first kappa shape index (κ1) is 20.5. The molecule has 0 aliphatic rings. The molecule has 2 rings (SSSR count). The summed E-state index contributed by atoms with van der Waals surface area (Å²) in [6, 6.07) is 8.67. The van der Waals surface area contributed by atoms with E-state index in [1.807, 2.05) is 31.2 Å². The summed E-state index contributed by atoms with van der Waals surface area (Å²) < 4.78 is 21.6. The molecule has 0 fully saturated rings. The van der Waals surface area contributed by atoms with Crippen molar-refractivity contribution in [3.8, 4) is 28.7 Å². The second kappa shape index (κ2) is 9.19. The van der Waals surface area contributed by atoms with Crippen LogP contribution in [0.1, 0.15) is 31.1 Å². The van der Waals surface area contributed by atoms with Crippen molar-refractivity contribution >= 4 is 6.08 Å². The lowest BCUT2D eigenvalue weighted by Crippen LogP contribution is -2.22. The zero-order chi connectivity index (χ0) is 20.0. The largest absolute Gasteiger partial charge is 0.502 e. The van der Waals surface area contributed by atoms with Crippen molar-refractivity contribution in [1.82, 2.24) is 0 Å². The number of aromatic hydroxyl groups is 1. The Kier molecular flexibility index (Phi) is 6.96. The van der Waals surface area contributed by atoms with Gasteiger partial charge in [0.1, 0.15) is 12.2 Å². The van der Waals surface area contributed by atoms with Crippen molar-refractivity contribution in [2.24, 2.45) is 0 Å². The van der Waals surface area contributed by atoms with Crippen molar-refractivity contribution in [3.05, 3.63) is 47.5 Å². The molecular weight excluding hydrogens is 348 g/mol. The Hall–Kier alpha value is -2.86. The second-order valence-electron chi connectivity index (χ2n) is 5.95. The van der Waals surface area contributed by atoms with Gasteiger partial charge in [-0.05, 0) is 49.2 Å². The number of phenolic OH excluding ortho intramolecular Hbond substituents is 1. The quantitative estimate of drug-likeness (QED) is 0.728. The topological polar surface area (TPSA) is 77.4 Å². The molecule has 2 unspecified atom stereocenters. The van der Waals surface area contributed by atoms with Crippen LogP contribution in [-0.2, 0) is 0 Å². The van der Waals surface area contributed by atoms with Crippen molar-refractivity contribution in [3.63, 3.8) is 0 Å². The van der Waals surface area contributed by atoms with Gasteiger partial charge in [-0.3, -0.25) is 0 Å². The molecule has 2 aromatic carbocycles. The number of rotatable bonds is 8. The maximum absolute atomic E-state index is 10.7. The molecule has 0 radical (unpaired) electrons. The average Bonchev–Trinajstić information content (AvgIpc) is 2.68. The monoisotopic (exact) mass is 374 g/mol. The summed E-state index contributed by atoms with van der Waals surface area (Å²) in [5.41, 5.74) is 1.49. The minimum absolute atomic E-state index is 0.120. The van der Waals surface area contributed by atoms with Gasteiger partial charge in [0.2, 0.25) is 5.75 Å². The molecule has 0 saturated carbocycles. The summed E-state index contributed by atoms with van der Waals surface area (Å²) in [4.78, 5) is 0. The molecule has 0 aromatic heterocycles. The van der Waals surface area contributed by atoms with Gasteiger partial charge < -0.3 is 29.2 Å². The number of hydrogen-bond acceptors (Lipinski definition) is 6. The molecule has 0 bridgehead atoms. The number of methoxy groups -OCH3 is 3. The number of ether oxygens (including phenoxy) is 4. The van der Waals surface area contributed by atoms with E-state index in [1.165, 1.54) is 14.2 Å². The third-order valence-corrected chi connectivity index (χ3v) is 4.15. The Bertz CT molecular complexity index is 774. The van der Waals surface area contributed by atoms with Crippen LogP contribution in [-0.4, -0.2) is 37.6 Å². The first-order valence-electron chi connectivity index (χ1n) is 8.55. The van der Waals surface area contributed by atoms with E-state index < -0.39 is 12.2 Å². The predicted molar refractivity (Wildman–Crippen MR) is 104 cm³/mol. The molecule has 0 spiro atoms. The van der Waals surface area contributed by atoms with E-state index in [4.69, 9.17) is 18.9 Å². The molecule has 6 nitrogen and oxygen atoms in total. The normalized spacial score (nSPS) is 13.3. The number of phenols is 1. The lowest BCUT2D eigenvalue weighted by atomic mass is 10.0. The fourth-order valence-corrected chi connectivity index (χ4v) is 2.70. The van der Waals surface area contributed by atoms with Gasteiger partial charge in [-0.1, -0.05) is 18.2 Å². The first-order valence-corrected chi connectivity index (χ1v) is 8.55. The molecule has 6 heteroatoms. The minimum Gasteiger partial charge on any atom is -0.502 e. The van der Waals surface area contributed by atoms with Gasteiger partial charge in [0.05, 0.1) is 21.3 Å². The van der Waals surface area contributed by atoms with E-state index in [1.54, 1.807) is 32.2 Å². The average molecular weight is 374 g/mol. The highest BCUT2D eigenvalue weighted by Crippen LogP contribution is 2.40. The Morgan fingerprint density at radius 1 is 0.889 bits per heavy atom. The second-order valence-corrected chi connectivity index (χ2v) is 5.95. The molecule has 0 heterocycles. The van der Waals surface area contributed by atoms with Gasteiger partial charge >= 0.3 is 0 Å². The Labute approximate surface area is 159 Å². The highest BCUT2D eigenvalue weighted by Gasteiger charge is 2.23. The SMILES string of the molecule is C/C=C/c1ccc(OC(C)C(O)c2cc(OC)c(O)c(OC)c2)c(OC)c1. The zero-order valence-corrected chi connectivity index (χ0v) is 16.2. The van der Waals surface area contributed by atoms with Crippen molar-refractivity contribution in [2.45, 2.75) is 26.1 Å². The summed E-state index contributed by atoms with van der Waals surface area (Å²) >= 11 is 0. The Morgan fingerprint density at radius 3 is 2.00 bits per heavy atom. The van der Waals surface area contributed by atoms with Crippen LogP contribution in [0.15, 0.2) is 36.4 Å². The van der Waals surface area contributed by atoms with E-state index in [0.29, 0.717) is 17.1 Å². The Morgan fingerprint density at radius 2 is 1.48 bits per heavy atom. The number of allylic oxidation sites excluding steroid dienone is 1. The van der Waals surface area contributed by atoms with Gasteiger partial charge in [0, 0.05) is 0 Å². The molecule has 0 aliphatic carbocycles. The standard InChI is InChI=1S/C21H26O6/c1-6-7-14-8-9-16(17(10-14)24-3)27-13(2)20(22)15-11-18(25-4)21(23)19(12-15)26-5/h6-13,20,22-23H,1-5H3/b7-6+. The molecule has 0 saturated heterocycles. The van der Waals surface area contributed by atoms with E-state index >= 15 is 0 Å². The lowest BCUT2D eigenvalue weighted by molar-refractivity contribution is 0.0448. The molecule has 146 valence electrons. The predicted octanol–water partition coefficient (Wildman–Crippen LogP) is 3.95. The summed E-state index contributed by atoms with van der Waals surface area (Å²) in [6.07, 6.45) is 2.33. The molecule has 0 aliphatic heterocycles. The smallest absolute Gasteiger partial charge is 0.200 e. The highest BCUT2D eigenvalue weighted by atomic mass is 16.5. The fraction of sp³-hybridized carbons (Fsp3) is 0.333. The van der Waals surface area contributed by atoms with Crippen molar-refractivity contribution in [1.29, 1.82) is 0 Å². The third-order valence-electron chi connectivity index (χ3n) is 4.15. The molecule has 27 heavy (non-hydrogen) atoms. The van der Waals surface area contributed by atoms with Crippen LogP contribution in [0.3, 0.4) is 0 Å². The van der Waals surface area contributed by atoms with Crippen molar-refractivity contribution < 1.29 is 29.2 Å². The maximum atomic E-state index is 10.7. The van der Waals surface area contributed by atoms with Crippen LogP contribution in [0, 0.1) is 0 Å². The van der Waals surface area contributed by atoms with Gasteiger partial charge in [-0.2, -0.15) is 0 Å². The minimum atomic E-state index is -0.978. The van der Waals surface area contributed by atoms with Crippen LogP contribution in [0.4, 0.5) is 0 Å². The number of hydrogen-bond donors (Lipinski definition) is 2. The van der Waals surface area contributed by atoms with Crippen LogP contribution in [0.25, 0.3) is 6.08 Å². The number of aliphatic hydroxyl groups is 1. The first-order chi connectivity index (χ1) is 12.9. The van der Waals surface area contributed by atoms with Gasteiger partial charge in [0.15, 0.2) is 23.0 Å². The molecular formula is C21H26O6. The summed E-state index contributed by atoms with van der Waals surface area (Å²) in [6.45, 7) is 3.69.